The molecule has 1 aromatic heterocycles. The lowest BCUT2D eigenvalue weighted by Crippen LogP contribution is -2.00. The highest BCUT2D eigenvalue weighted by Gasteiger charge is 2.18. The van der Waals surface area contributed by atoms with Gasteiger partial charge in [0.15, 0.2) is 11.6 Å². The number of rotatable bonds is 5. The number of fused-ring (bicyclic) bond motifs is 1. The van der Waals surface area contributed by atoms with E-state index in [1.807, 2.05) is 6.07 Å². The molecule has 0 saturated carbocycles. The van der Waals surface area contributed by atoms with Crippen molar-refractivity contribution in [3.8, 4) is 17.6 Å². The van der Waals surface area contributed by atoms with Crippen LogP contribution in [0.2, 0.25) is 0 Å². The van der Waals surface area contributed by atoms with E-state index in [0.717, 1.165) is 11.5 Å². The van der Waals surface area contributed by atoms with Crippen molar-refractivity contribution < 1.29 is 18.6 Å². The van der Waals surface area contributed by atoms with Gasteiger partial charge in [0.05, 0.1) is 11.1 Å². The lowest BCUT2D eigenvalue weighted by Gasteiger charge is -2.14. The van der Waals surface area contributed by atoms with E-state index in [1.165, 1.54) is 27.3 Å². The second-order valence-electron chi connectivity index (χ2n) is 5.14. The SMILES string of the molecule is N#Cc1cc(Oc2c(F)cc3c(ccn3SI)c2CCO)ccc1F. The minimum Gasteiger partial charge on any atom is -0.454 e. The first-order valence-corrected chi connectivity index (χ1v) is 10.5. The van der Waals surface area contributed by atoms with Crippen molar-refractivity contribution >= 4 is 41.2 Å². The normalized spacial score (nSPS) is 10.8. The Morgan fingerprint density at radius 1 is 1.24 bits per heavy atom. The predicted octanol–water partition coefficient (Wildman–Crippen LogP) is 4.96. The van der Waals surface area contributed by atoms with Crippen molar-refractivity contribution in [2.45, 2.75) is 6.42 Å². The van der Waals surface area contributed by atoms with Crippen LogP contribution in [-0.4, -0.2) is 15.7 Å². The molecule has 0 bridgehead atoms. The molecule has 0 unspecified atom stereocenters. The molecule has 25 heavy (non-hydrogen) atoms. The van der Waals surface area contributed by atoms with Gasteiger partial charge in [-0.2, -0.15) is 5.26 Å². The van der Waals surface area contributed by atoms with Crippen LogP contribution in [0.3, 0.4) is 0 Å². The maximum absolute atomic E-state index is 14.7. The number of ether oxygens (including phenoxy) is 1. The molecule has 0 saturated heterocycles. The Balaban J connectivity index is 2.13. The third kappa shape index (κ3) is 3.44. The van der Waals surface area contributed by atoms with Gasteiger partial charge in [-0.1, -0.05) is 0 Å². The zero-order chi connectivity index (χ0) is 18.0. The maximum atomic E-state index is 14.7. The van der Waals surface area contributed by atoms with Gasteiger partial charge in [0.25, 0.3) is 0 Å². The lowest BCUT2D eigenvalue weighted by atomic mass is 10.1. The van der Waals surface area contributed by atoms with Crippen LogP contribution in [-0.2, 0) is 6.42 Å². The smallest absolute Gasteiger partial charge is 0.168 e. The number of hydrogen-bond acceptors (Lipinski definition) is 4. The molecule has 0 fully saturated rings. The molecule has 1 heterocycles. The fourth-order valence-corrected chi connectivity index (χ4v) is 3.94. The molecule has 2 aromatic carbocycles. The van der Waals surface area contributed by atoms with Gasteiger partial charge in [0.1, 0.15) is 17.6 Å². The minimum atomic E-state index is -0.669. The molecular weight excluding hydrogens is 461 g/mol. The van der Waals surface area contributed by atoms with Crippen molar-refractivity contribution in [3.05, 3.63) is 59.3 Å². The number of nitrogens with zero attached hydrogens (tertiary/aromatic N) is 2. The van der Waals surface area contributed by atoms with Gasteiger partial charge >= 0.3 is 0 Å². The van der Waals surface area contributed by atoms with Gasteiger partial charge in [0, 0.05) is 66.2 Å². The van der Waals surface area contributed by atoms with E-state index < -0.39 is 11.6 Å². The average Bonchev–Trinajstić information content (AvgIpc) is 3.02. The molecule has 3 aromatic rings. The monoisotopic (exact) mass is 472 g/mol. The predicted molar refractivity (Wildman–Crippen MR) is 101 cm³/mol. The highest BCUT2D eigenvalue weighted by atomic mass is 127. The van der Waals surface area contributed by atoms with Crippen LogP contribution < -0.4 is 4.74 Å². The van der Waals surface area contributed by atoms with Gasteiger partial charge in [-0.3, -0.25) is 3.97 Å². The molecule has 3 rings (SSSR count). The zero-order valence-corrected chi connectivity index (χ0v) is 15.6. The first-order valence-electron chi connectivity index (χ1n) is 7.19. The summed E-state index contributed by atoms with van der Waals surface area (Å²) in [4.78, 5) is 0. The summed E-state index contributed by atoms with van der Waals surface area (Å²) in [7, 11) is 1.40. The summed E-state index contributed by atoms with van der Waals surface area (Å²) in [5.74, 6) is -1.15. The molecule has 0 aliphatic rings. The molecule has 4 nitrogen and oxygen atoms in total. The van der Waals surface area contributed by atoms with E-state index in [-0.39, 0.29) is 30.1 Å². The fourth-order valence-electron chi connectivity index (χ4n) is 2.58. The molecule has 0 aliphatic carbocycles. The van der Waals surface area contributed by atoms with Gasteiger partial charge in [0.2, 0.25) is 0 Å². The lowest BCUT2D eigenvalue weighted by molar-refractivity contribution is 0.297. The van der Waals surface area contributed by atoms with Crippen molar-refractivity contribution in [1.82, 2.24) is 3.97 Å². The molecule has 128 valence electrons. The number of benzene rings is 2. The first-order chi connectivity index (χ1) is 12.1. The summed E-state index contributed by atoms with van der Waals surface area (Å²) in [5, 5.41) is 19.0. The van der Waals surface area contributed by atoms with Crippen LogP contribution in [0.4, 0.5) is 8.78 Å². The molecule has 0 spiro atoms. The Bertz CT molecular complexity index is 985. The Morgan fingerprint density at radius 2 is 2.04 bits per heavy atom. The molecule has 8 heteroatoms. The number of nitriles is 1. The first kappa shape index (κ1) is 18.0. The summed E-state index contributed by atoms with van der Waals surface area (Å²) < 4.78 is 35.5. The van der Waals surface area contributed by atoms with E-state index in [4.69, 9.17) is 10.00 Å². The quantitative estimate of drug-likeness (QED) is 0.534. The second kappa shape index (κ2) is 7.59. The molecule has 0 atom stereocenters. The number of aliphatic hydroxyl groups is 1. The van der Waals surface area contributed by atoms with Crippen molar-refractivity contribution in [1.29, 1.82) is 5.26 Å². The fraction of sp³-hybridized carbons (Fsp3) is 0.118. The van der Waals surface area contributed by atoms with Crippen molar-refractivity contribution in [3.63, 3.8) is 0 Å². The van der Waals surface area contributed by atoms with E-state index in [2.05, 4.69) is 21.2 Å². The van der Waals surface area contributed by atoms with Gasteiger partial charge in [-0.15, -0.1) is 0 Å². The standard InChI is InChI=1S/C17H11F2IN2O2S/c18-14-2-1-11(7-10(14)9-21)24-17-13(4-6-23)12-3-5-22(25-20)16(12)8-15(17)19/h1-3,5,7-8,23H,4,6H2. The summed E-state index contributed by atoms with van der Waals surface area (Å²) in [6, 6.07) is 8.54. The Labute approximate surface area is 158 Å². The van der Waals surface area contributed by atoms with E-state index in [9.17, 15) is 13.9 Å². The maximum Gasteiger partial charge on any atom is 0.168 e. The van der Waals surface area contributed by atoms with Gasteiger partial charge in [-0.05, 0) is 24.6 Å². The summed E-state index contributed by atoms with van der Waals surface area (Å²) in [5.41, 5.74) is 1.00. The van der Waals surface area contributed by atoms with Crippen LogP contribution in [0.5, 0.6) is 11.5 Å². The molecule has 0 amide bonds. The van der Waals surface area contributed by atoms with E-state index in [1.54, 1.807) is 16.2 Å². The average molecular weight is 472 g/mol. The summed E-state index contributed by atoms with van der Waals surface area (Å²) in [6.45, 7) is -0.176. The minimum absolute atomic E-state index is 0.0340. The summed E-state index contributed by atoms with van der Waals surface area (Å²) in [6.07, 6.45) is 2.00. The Hall–Kier alpha value is -1.83. The highest BCUT2D eigenvalue weighted by Crippen LogP contribution is 2.37. The number of halogens is 3. The third-order valence-electron chi connectivity index (χ3n) is 3.68. The topological polar surface area (TPSA) is 58.2 Å². The Morgan fingerprint density at radius 3 is 2.72 bits per heavy atom. The number of hydrogen-bond donors (Lipinski definition) is 1. The zero-order valence-electron chi connectivity index (χ0n) is 12.7. The summed E-state index contributed by atoms with van der Waals surface area (Å²) >= 11 is 2.09. The van der Waals surface area contributed by atoms with Crippen LogP contribution >= 0.6 is 30.3 Å². The molecule has 0 radical (unpaired) electrons. The molecule has 1 N–H and O–H groups in total. The number of aromatic nitrogens is 1. The van der Waals surface area contributed by atoms with Crippen molar-refractivity contribution in [2.75, 3.05) is 6.61 Å². The van der Waals surface area contributed by atoms with Gasteiger partial charge in [-0.25, -0.2) is 8.78 Å². The number of aliphatic hydroxyl groups excluding tert-OH is 1. The van der Waals surface area contributed by atoms with Crippen LogP contribution in [0.1, 0.15) is 11.1 Å². The third-order valence-corrected chi connectivity index (χ3v) is 5.42. The van der Waals surface area contributed by atoms with E-state index >= 15 is 0 Å². The molecular formula is C17H11F2IN2O2S. The van der Waals surface area contributed by atoms with Crippen LogP contribution in [0.25, 0.3) is 10.9 Å². The van der Waals surface area contributed by atoms with Crippen molar-refractivity contribution in [2.24, 2.45) is 0 Å². The van der Waals surface area contributed by atoms with E-state index in [0.29, 0.717) is 11.1 Å². The second-order valence-corrected chi connectivity index (χ2v) is 6.85. The highest BCUT2D eigenvalue weighted by molar-refractivity contribution is 14.2. The van der Waals surface area contributed by atoms with Crippen LogP contribution in [0.15, 0.2) is 36.5 Å². The molecule has 0 aliphatic heterocycles. The Kier molecular flexibility index (Phi) is 5.46. The largest absolute Gasteiger partial charge is 0.454 e. The van der Waals surface area contributed by atoms with Gasteiger partial charge < -0.3 is 9.84 Å². The van der Waals surface area contributed by atoms with Crippen LogP contribution in [0, 0.1) is 23.0 Å².